The van der Waals surface area contributed by atoms with Gasteiger partial charge in [-0.05, 0) is 0 Å². The predicted molar refractivity (Wildman–Crippen MR) is 63.7 cm³/mol. The first kappa shape index (κ1) is 14.3. The Bertz CT molecular complexity index is 449. The van der Waals surface area contributed by atoms with E-state index < -0.39 is 29.9 Å². The van der Waals surface area contributed by atoms with E-state index in [9.17, 15) is 19.2 Å². The van der Waals surface area contributed by atoms with Crippen LogP contribution in [-0.2, 0) is 19.1 Å². The van der Waals surface area contributed by atoms with Crippen LogP contribution >= 0.6 is 0 Å². The van der Waals surface area contributed by atoms with Crippen molar-refractivity contribution in [3.63, 3.8) is 0 Å². The number of likely N-dealkylation sites (tertiary alicyclic amines) is 1. The number of methoxy groups -OCH3 is 1. The molecule has 0 aliphatic carbocycles. The number of carbonyl (C=O) groups is 4. The molecule has 110 valence electrons. The Morgan fingerprint density at radius 3 is 2.40 bits per heavy atom. The van der Waals surface area contributed by atoms with Crippen LogP contribution in [-0.4, -0.2) is 77.6 Å². The van der Waals surface area contributed by atoms with Crippen LogP contribution < -0.4 is 5.32 Å². The number of nitrogens with zero attached hydrogens (tertiary/aromatic N) is 2. The number of carbonyl (C=O) groups excluding carboxylic acids is 3. The van der Waals surface area contributed by atoms with Crippen LogP contribution in [0.25, 0.3) is 0 Å². The second-order valence-electron chi connectivity index (χ2n) is 4.71. The third kappa shape index (κ3) is 2.72. The first-order valence-corrected chi connectivity index (χ1v) is 6.06. The number of hydrogen-bond acceptors (Lipinski definition) is 5. The zero-order chi connectivity index (χ0) is 14.9. The van der Waals surface area contributed by atoms with Crippen LogP contribution in [0.5, 0.6) is 0 Å². The van der Waals surface area contributed by atoms with Crippen molar-refractivity contribution in [1.29, 1.82) is 0 Å². The van der Waals surface area contributed by atoms with Crippen molar-refractivity contribution >= 4 is 23.8 Å². The normalized spacial score (nSPS) is 26.6. The summed E-state index contributed by atoms with van der Waals surface area (Å²) in [7, 11) is 1.44. The molecule has 9 nitrogen and oxygen atoms in total. The highest BCUT2D eigenvalue weighted by molar-refractivity contribution is 6.02. The number of carboxylic acid groups (broad SMARTS) is 1. The summed E-state index contributed by atoms with van der Waals surface area (Å²) in [4.78, 5) is 48.1. The Labute approximate surface area is 114 Å². The lowest BCUT2D eigenvalue weighted by Gasteiger charge is -2.31. The second-order valence-corrected chi connectivity index (χ2v) is 4.71. The molecular weight excluding hydrogens is 270 g/mol. The summed E-state index contributed by atoms with van der Waals surface area (Å²) in [6.45, 7) is -0.394. The van der Waals surface area contributed by atoms with E-state index in [0.29, 0.717) is 0 Å². The van der Waals surface area contributed by atoms with E-state index in [1.54, 1.807) is 0 Å². The number of piperazine rings is 1. The van der Waals surface area contributed by atoms with Gasteiger partial charge in [0.2, 0.25) is 11.8 Å². The number of aliphatic carboxylic acids is 1. The summed E-state index contributed by atoms with van der Waals surface area (Å²) in [5.74, 6) is -2.29. The maximum absolute atomic E-state index is 12.3. The van der Waals surface area contributed by atoms with Gasteiger partial charge in [0.05, 0.1) is 6.10 Å². The maximum Gasteiger partial charge on any atom is 0.326 e. The Balaban J connectivity index is 2.12. The zero-order valence-electron chi connectivity index (χ0n) is 10.9. The first-order valence-electron chi connectivity index (χ1n) is 6.06. The Morgan fingerprint density at radius 2 is 1.90 bits per heavy atom. The van der Waals surface area contributed by atoms with Crippen molar-refractivity contribution in [3.05, 3.63) is 0 Å². The van der Waals surface area contributed by atoms with Crippen LogP contribution in [0.3, 0.4) is 0 Å². The maximum atomic E-state index is 12.3. The molecule has 0 bridgehead atoms. The molecule has 2 aliphatic heterocycles. The molecule has 0 aromatic carbocycles. The fourth-order valence-corrected chi connectivity index (χ4v) is 2.37. The van der Waals surface area contributed by atoms with Gasteiger partial charge in [-0.25, -0.2) is 9.59 Å². The van der Waals surface area contributed by atoms with Gasteiger partial charge in [0.15, 0.2) is 0 Å². The molecule has 0 spiro atoms. The van der Waals surface area contributed by atoms with E-state index in [2.05, 4.69) is 5.32 Å². The highest BCUT2D eigenvalue weighted by Gasteiger charge is 2.42. The summed E-state index contributed by atoms with van der Waals surface area (Å²) in [6.07, 6.45) is -0.180. The average molecular weight is 285 g/mol. The molecule has 0 saturated carbocycles. The number of carboxylic acids is 1. The topological polar surface area (TPSA) is 116 Å². The molecule has 20 heavy (non-hydrogen) atoms. The third-order valence-corrected chi connectivity index (χ3v) is 3.35. The molecule has 2 rings (SSSR count). The van der Waals surface area contributed by atoms with Gasteiger partial charge in [0, 0.05) is 20.1 Å². The number of amides is 4. The van der Waals surface area contributed by atoms with Crippen molar-refractivity contribution in [2.75, 3.05) is 26.7 Å². The van der Waals surface area contributed by atoms with Gasteiger partial charge in [-0.1, -0.05) is 0 Å². The van der Waals surface area contributed by atoms with Crippen LogP contribution in [0.15, 0.2) is 0 Å². The SMILES string of the molecule is COC1CC(C(=O)O)N(C(=O)N2CC(=O)NC(=O)C2)C1. The monoisotopic (exact) mass is 285 g/mol. The lowest BCUT2D eigenvalue weighted by Crippen LogP contribution is -2.57. The molecular formula is C11H15N3O6. The van der Waals surface area contributed by atoms with Crippen LogP contribution in [0.1, 0.15) is 6.42 Å². The van der Waals surface area contributed by atoms with E-state index in [4.69, 9.17) is 9.84 Å². The number of ether oxygens (including phenoxy) is 1. The van der Waals surface area contributed by atoms with E-state index in [-0.39, 0.29) is 32.2 Å². The number of imide groups is 1. The standard InChI is InChI=1S/C11H15N3O6/c1-20-6-2-7(10(17)18)14(3-6)11(19)13-4-8(15)12-9(16)5-13/h6-7H,2-5H2,1H3,(H,17,18)(H,12,15,16). The molecule has 4 amide bonds. The molecule has 2 saturated heterocycles. The van der Waals surface area contributed by atoms with Gasteiger partial charge < -0.3 is 19.6 Å². The summed E-state index contributed by atoms with van der Waals surface area (Å²) >= 11 is 0. The van der Waals surface area contributed by atoms with Gasteiger partial charge >= 0.3 is 12.0 Å². The molecule has 0 radical (unpaired) electrons. The summed E-state index contributed by atoms with van der Waals surface area (Å²) in [5.41, 5.74) is 0. The van der Waals surface area contributed by atoms with E-state index in [1.807, 2.05) is 0 Å². The van der Waals surface area contributed by atoms with Crippen molar-refractivity contribution in [1.82, 2.24) is 15.1 Å². The highest BCUT2D eigenvalue weighted by Crippen LogP contribution is 2.22. The summed E-state index contributed by atoms with van der Waals surface area (Å²) < 4.78 is 5.08. The van der Waals surface area contributed by atoms with E-state index in [0.717, 1.165) is 9.80 Å². The van der Waals surface area contributed by atoms with E-state index in [1.165, 1.54) is 7.11 Å². The van der Waals surface area contributed by atoms with Crippen LogP contribution in [0, 0.1) is 0 Å². The zero-order valence-corrected chi connectivity index (χ0v) is 10.9. The van der Waals surface area contributed by atoms with E-state index >= 15 is 0 Å². The minimum absolute atomic E-state index is 0.124. The minimum atomic E-state index is -1.13. The Kier molecular flexibility index (Phi) is 3.89. The molecule has 2 heterocycles. The van der Waals surface area contributed by atoms with Crippen molar-refractivity contribution < 1.29 is 29.0 Å². The summed E-state index contributed by atoms with van der Waals surface area (Å²) in [6, 6.07) is -1.65. The number of urea groups is 1. The number of hydrogen-bond donors (Lipinski definition) is 2. The van der Waals surface area contributed by atoms with Crippen LogP contribution in [0.2, 0.25) is 0 Å². The molecule has 0 aromatic heterocycles. The lowest BCUT2D eigenvalue weighted by molar-refractivity contribution is -0.141. The highest BCUT2D eigenvalue weighted by atomic mass is 16.5. The smallest absolute Gasteiger partial charge is 0.326 e. The first-order chi connectivity index (χ1) is 9.42. The fourth-order valence-electron chi connectivity index (χ4n) is 2.37. The average Bonchev–Trinajstić information content (AvgIpc) is 2.81. The minimum Gasteiger partial charge on any atom is -0.480 e. The van der Waals surface area contributed by atoms with Gasteiger partial charge in [-0.3, -0.25) is 14.9 Å². The largest absolute Gasteiger partial charge is 0.480 e. The lowest BCUT2D eigenvalue weighted by atomic mass is 10.2. The van der Waals surface area contributed by atoms with Gasteiger partial charge in [-0.15, -0.1) is 0 Å². The molecule has 0 aromatic rings. The molecule has 9 heteroatoms. The van der Waals surface area contributed by atoms with Crippen LogP contribution in [0.4, 0.5) is 4.79 Å². The molecule has 2 atom stereocenters. The second kappa shape index (κ2) is 5.45. The molecule has 2 aliphatic rings. The third-order valence-electron chi connectivity index (χ3n) is 3.35. The van der Waals surface area contributed by atoms with Gasteiger partial charge in [0.1, 0.15) is 19.1 Å². The predicted octanol–water partition coefficient (Wildman–Crippen LogP) is -1.76. The van der Waals surface area contributed by atoms with Crippen molar-refractivity contribution in [3.8, 4) is 0 Å². The Hall–Kier alpha value is -2.16. The van der Waals surface area contributed by atoms with Gasteiger partial charge in [0.25, 0.3) is 0 Å². The quantitative estimate of drug-likeness (QED) is 0.580. The summed E-state index contributed by atoms with van der Waals surface area (Å²) in [5, 5.41) is 11.2. The molecule has 2 fully saturated rings. The van der Waals surface area contributed by atoms with Crippen molar-refractivity contribution in [2.24, 2.45) is 0 Å². The molecule has 2 unspecified atom stereocenters. The van der Waals surface area contributed by atoms with Gasteiger partial charge in [-0.2, -0.15) is 0 Å². The Morgan fingerprint density at radius 1 is 1.30 bits per heavy atom. The van der Waals surface area contributed by atoms with Crippen molar-refractivity contribution in [2.45, 2.75) is 18.6 Å². The number of rotatable bonds is 2. The number of nitrogens with one attached hydrogen (secondary N) is 1. The fraction of sp³-hybridized carbons (Fsp3) is 0.636. The molecule has 2 N–H and O–H groups in total.